The number of halogens is 1. The van der Waals surface area contributed by atoms with E-state index in [1.54, 1.807) is 11.3 Å². The second-order valence-electron chi connectivity index (χ2n) is 3.63. The lowest BCUT2D eigenvalue weighted by molar-refractivity contribution is 0.174. The first-order valence-corrected chi connectivity index (χ1v) is 6.62. The second kappa shape index (κ2) is 5.08. The molecule has 2 nitrogen and oxygen atoms in total. The van der Waals surface area contributed by atoms with Crippen LogP contribution in [0, 0.1) is 6.92 Å². The number of aromatic nitrogens is 1. The number of aliphatic hydroxyl groups is 1. The summed E-state index contributed by atoms with van der Waals surface area (Å²) in [6, 6.07) is 9.73. The van der Waals surface area contributed by atoms with E-state index >= 15 is 0 Å². The standard InChI is InChI=1S/C12H12BrNOS/c1-8-3-2-4-10(14-8)11(15)7-9-5-6-12(13)16-9/h2-6,11,15H,7H2,1H3. The maximum absolute atomic E-state index is 10.0. The molecular formula is C12H12BrNOS. The Hall–Kier alpha value is -0.710. The predicted octanol–water partition coefficient (Wildman–Crippen LogP) is 3.49. The van der Waals surface area contributed by atoms with Crippen molar-refractivity contribution in [3.8, 4) is 0 Å². The van der Waals surface area contributed by atoms with Crippen LogP contribution in [-0.4, -0.2) is 10.1 Å². The van der Waals surface area contributed by atoms with Gasteiger partial charge < -0.3 is 5.11 Å². The third-order valence-corrected chi connectivity index (χ3v) is 3.92. The van der Waals surface area contributed by atoms with Crippen LogP contribution in [0.4, 0.5) is 0 Å². The molecule has 0 saturated heterocycles. The van der Waals surface area contributed by atoms with Crippen LogP contribution in [0.15, 0.2) is 34.1 Å². The quantitative estimate of drug-likeness (QED) is 0.941. The van der Waals surface area contributed by atoms with Crippen LogP contribution in [0.25, 0.3) is 0 Å². The van der Waals surface area contributed by atoms with E-state index in [0.29, 0.717) is 6.42 Å². The first-order chi connectivity index (χ1) is 7.65. The van der Waals surface area contributed by atoms with Crippen molar-refractivity contribution < 1.29 is 5.11 Å². The molecule has 0 bridgehead atoms. The van der Waals surface area contributed by atoms with Crippen molar-refractivity contribution in [1.29, 1.82) is 0 Å². The summed E-state index contributed by atoms with van der Waals surface area (Å²) in [6.07, 6.45) is 0.0950. The first kappa shape index (κ1) is 11.8. The molecule has 0 spiro atoms. The summed E-state index contributed by atoms with van der Waals surface area (Å²) in [6.45, 7) is 1.93. The first-order valence-electron chi connectivity index (χ1n) is 5.01. The van der Waals surface area contributed by atoms with Crippen molar-refractivity contribution in [2.24, 2.45) is 0 Å². The number of aliphatic hydroxyl groups excluding tert-OH is 1. The van der Waals surface area contributed by atoms with Gasteiger partial charge in [-0.05, 0) is 47.1 Å². The summed E-state index contributed by atoms with van der Waals surface area (Å²) in [4.78, 5) is 5.47. The molecule has 84 valence electrons. The SMILES string of the molecule is Cc1cccc(C(O)Cc2ccc(Br)s2)n1. The number of pyridine rings is 1. The summed E-state index contributed by atoms with van der Waals surface area (Å²) in [7, 11) is 0. The van der Waals surface area contributed by atoms with Crippen molar-refractivity contribution in [2.45, 2.75) is 19.4 Å². The number of hydrogen-bond acceptors (Lipinski definition) is 3. The van der Waals surface area contributed by atoms with Crippen LogP contribution in [-0.2, 0) is 6.42 Å². The van der Waals surface area contributed by atoms with Crippen LogP contribution in [0.1, 0.15) is 22.4 Å². The zero-order chi connectivity index (χ0) is 11.5. The summed E-state index contributed by atoms with van der Waals surface area (Å²) >= 11 is 5.06. The number of thiophene rings is 1. The van der Waals surface area contributed by atoms with Crippen molar-refractivity contribution in [2.75, 3.05) is 0 Å². The zero-order valence-electron chi connectivity index (χ0n) is 8.85. The molecule has 1 unspecified atom stereocenters. The molecule has 0 amide bonds. The topological polar surface area (TPSA) is 33.1 Å². The molecule has 2 rings (SSSR count). The van der Waals surface area contributed by atoms with Gasteiger partial charge in [-0.25, -0.2) is 0 Å². The predicted molar refractivity (Wildman–Crippen MR) is 69.7 cm³/mol. The Morgan fingerprint density at radius 3 is 2.81 bits per heavy atom. The van der Waals surface area contributed by atoms with Crippen LogP contribution in [0.5, 0.6) is 0 Å². The van der Waals surface area contributed by atoms with Gasteiger partial charge in [-0.3, -0.25) is 4.98 Å². The number of aryl methyl sites for hydroxylation is 1. The summed E-state index contributed by atoms with van der Waals surface area (Å²) in [5.41, 5.74) is 1.67. The molecule has 2 heterocycles. The Morgan fingerprint density at radius 2 is 2.19 bits per heavy atom. The maximum atomic E-state index is 10.0. The van der Waals surface area contributed by atoms with E-state index in [9.17, 15) is 5.11 Å². The Balaban J connectivity index is 2.11. The minimum absolute atomic E-state index is 0.523. The summed E-state index contributed by atoms with van der Waals surface area (Å²) in [5.74, 6) is 0. The van der Waals surface area contributed by atoms with Crippen molar-refractivity contribution in [1.82, 2.24) is 4.98 Å². The Labute approximate surface area is 107 Å². The highest BCUT2D eigenvalue weighted by Gasteiger charge is 2.11. The highest BCUT2D eigenvalue weighted by Crippen LogP contribution is 2.26. The van der Waals surface area contributed by atoms with Gasteiger partial charge in [0.15, 0.2) is 0 Å². The normalized spacial score (nSPS) is 12.7. The zero-order valence-corrected chi connectivity index (χ0v) is 11.3. The fourth-order valence-electron chi connectivity index (χ4n) is 1.51. The van der Waals surface area contributed by atoms with E-state index in [1.807, 2.05) is 37.3 Å². The molecule has 1 N–H and O–H groups in total. The average molecular weight is 298 g/mol. The van der Waals surface area contributed by atoms with Gasteiger partial charge >= 0.3 is 0 Å². The molecule has 0 aliphatic heterocycles. The third kappa shape index (κ3) is 2.90. The largest absolute Gasteiger partial charge is 0.386 e. The minimum Gasteiger partial charge on any atom is -0.386 e. The molecule has 4 heteroatoms. The molecule has 0 aliphatic carbocycles. The van der Waals surface area contributed by atoms with Gasteiger partial charge in [-0.2, -0.15) is 0 Å². The number of hydrogen-bond donors (Lipinski definition) is 1. The molecule has 16 heavy (non-hydrogen) atoms. The van der Waals surface area contributed by atoms with Crippen molar-refractivity contribution >= 4 is 27.3 Å². The van der Waals surface area contributed by atoms with Gasteiger partial charge in [0, 0.05) is 17.0 Å². The van der Waals surface area contributed by atoms with Crippen molar-refractivity contribution in [3.05, 3.63) is 50.4 Å². The molecule has 0 aromatic carbocycles. The fourth-order valence-corrected chi connectivity index (χ4v) is 3.03. The number of rotatable bonds is 3. The molecule has 0 radical (unpaired) electrons. The van der Waals surface area contributed by atoms with E-state index in [0.717, 1.165) is 20.1 Å². The highest BCUT2D eigenvalue weighted by molar-refractivity contribution is 9.11. The van der Waals surface area contributed by atoms with Gasteiger partial charge in [0.05, 0.1) is 9.48 Å². The average Bonchev–Trinajstić information content (AvgIpc) is 2.64. The third-order valence-electron chi connectivity index (χ3n) is 2.27. The van der Waals surface area contributed by atoms with E-state index < -0.39 is 6.10 Å². The number of nitrogens with zero attached hydrogens (tertiary/aromatic N) is 1. The fraction of sp³-hybridized carbons (Fsp3) is 0.250. The summed E-state index contributed by atoms with van der Waals surface area (Å²) < 4.78 is 1.09. The minimum atomic E-state index is -0.523. The molecule has 0 saturated carbocycles. The molecule has 2 aromatic rings. The lowest BCUT2D eigenvalue weighted by atomic mass is 10.1. The van der Waals surface area contributed by atoms with E-state index in [4.69, 9.17) is 0 Å². The van der Waals surface area contributed by atoms with Crippen LogP contribution in [0.2, 0.25) is 0 Å². The Morgan fingerprint density at radius 1 is 1.38 bits per heavy atom. The lowest BCUT2D eigenvalue weighted by Crippen LogP contribution is -2.03. The van der Waals surface area contributed by atoms with Crippen molar-refractivity contribution in [3.63, 3.8) is 0 Å². The smallest absolute Gasteiger partial charge is 0.101 e. The van der Waals surface area contributed by atoms with Gasteiger partial charge in [-0.1, -0.05) is 6.07 Å². The van der Waals surface area contributed by atoms with E-state index in [1.165, 1.54) is 0 Å². The maximum Gasteiger partial charge on any atom is 0.101 e. The second-order valence-corrected chi connectivity index (χ2v) is 6.18. The Kier molecular flexibility index (Phi) is 3.74. The van der Waals surface area contributed by atoms with Gasteiger partial charge in [-0.15, -0.1) is 11.3 Å². The van der Waals surface area contributed by atoms with Gasteiger partial charge in [0.2, 0.25) is 0 Å². The van der Waals surface area contributed by atoms with E-state index in [2.05, 4.69) is 20.9 Å². The van der Waals surface area contributed by atoms with Crippen LogP contribution in [0.3, 0.4) is 0 Å². The summed E-state index contributed by atoms with van der Waals surface area (Å²) in [5, 5.41) is 10.0. The lowest BCUT2D eigenvalue weighted by Gasteiger charge is -2.09. The van der Waals surface area contributed by atoms with Crippen LogP contribution < -0.4 is 0 Å². The van der Waals surface area contributed by atoms with Gasteiger partial charge in [0.1, 0.15) is 6.10 Å². The molecule has 0 aliphatic rings. The van der Waals surface area contributed by atoms with E-state index in [-0.39, 0.29) is 0 Å². The Bertz CT molecular complexity index is 483. The monoisotopic (exact) mass is 297 g/mol. The van der Waals surface area contributed by atoms with Gasteiger partial charge in [0.25, 0.3) is 0 Å². The molecule has 1 atom stereocenters. The molecular weight excluding hydrogens is 286 g/mol. The highest BCUT2D eigenvalue weighted by atomic mass is 79.9. The molecule has 2 aromatic heterocycles. The van der Waals surface area contributed by atoms with Crippen LogP contribution >= 0.6 is 27.3 Å². The molecule has 0 fully saturated rings.